The van der Waals surface area contributed by atoms with Crippen molar-refractivity contribution in [2.45, 2.75) is 0 Å². The maximum atomic E-state index is 11.6. The van der Waals surface area contributed by atoms with Gasteiger partial charge in [-0.25, -0.2) is 9.59 Å². The molecule has 0 N–H and O–H groups in total. The Morgan fingerprint density at radius 3 is 1.41 bits per heavy atom. The van der Waals surface area contributed by atoms with Crippen LogP contribution in [-0.2, 0) is 19.1 Å². The quantitative estimate of drug-likeness (QED) is 0.404. The molecule has 0 radical (unpaired) electrons. The van der Waals surface area contributed by atoms with Crippen molar-refractivity contribution in [1.29, 1.82) is 0 Å². The zero-order valence-electron chi connectivity index (χ0n) is 15.1. The molecule has 0 fully saturated rings. The van der Waals surface area contributed by atoms with Crippen molar-refractivity contribution in [3.8, 4) is 11.5 Å². The summed E-state index contributed by atoms with van der Waals surface area (Å²) in [5, 5.41) is 0. The van der Waals surface area contributed by atoms with E-state index >= 15 is 0 Å². The van der Waals surface area contributed by atoms with E-state index in [9.17, 15) is 9.59 Å². The van der Waals surface area contributed by atoms with Gasteiger partial charge in [0.05, 0.1) is 14.2 Å². The van der Waals surface area contributed by atoms with E-state index in [1.807, 2.05) is 0 Å². The van der Waals surface area contributed by atoms with Crippen LogP contribution < -0.4 is 9.47 Å². The SMILES string of the molecule is COc1ccc(C=CC(=O)OCOC(=O)C=Cc2ccc(OC)cc2)cc1. The van der Waals surface area contributed by atoms with E-state index < -0.39 is 18.7 Å². The number of benzene rings is 2. The van der Waals surface area contributed by atoms with Crippen LogP contribution in [0.3, 0.4) is 0 Å². The Morgan fingerprint density at radius 1 is 0.704 bits per heavy atom. The molecule has 140 valence electrons. The van der Waals surface area contributed by atoms with Crippen molar-refractivity contribution in [2.24, 2.45) is 0 Å². The minimum absolute atomic E-state index is 0.461. The summed E-state index contributed by atoms with van der Waals surface area (Å²) in [4.78, 5) is 23.2. The van der Waals surface area contributed by atoms with Gasteiger partial charge in [0.2, 0.25) is 6.79 Å². The number of carbonyl (C=O) groups is 2. The molecule has 0 aromatic heterocycles. The Hall–Kier alpha value is -3.54. The third-order valence-electron chi connectivity index (χ3n) is 3.46. The zero-order valence-corrected chi connectivity index (χ0v) is 15.1. The van der Waals surface area contributed by atoms with E-state index in [0.29, 0.717) is 0 Å². The summed E-state index contributed by atoms with van der Waals surface area (Å²) in [5.41, 5.74) is 1.62. The Kier molecular flexibility index (Phi) is 7.66. The van der Waals surface area contributed by atoms with Gasteiger partial charge in [-0.05, 0) is 47.5 Å². The molecule has 2 aromatic rings. The second-order valence-electron chi connectivity index (χ2n) is 5.26. The van der Waals surface area contributed by atoms with Crippen molar-refractivity contribution >= 4 is 24.1 Å². The Morgan fingerprint density at radius 2 is 1.07 bits per heavy atom. The molecule has 27 heavy (non-hydrogen) atoms. The monoisotopic (exact) mass is 368 g/mol. The molecule has 0 amide bonds. The van der Waals surface area contributed by atoms with Crippen LogP contribution >= 0.6 is 0 Å². The molecule has 0 unspecified atom stereocenters. The summed E-state index contributed by atoms with van der Waals surface area (Å²) in [6.45, 7) is -0.461. The van der Waals surface area contributed by atoms with Gasteiger partial charge in [-0.2, -0.15) is 0 Å². The van der Waals surface area contributed by atoms with Crippen LogP contribution in [-0.4, -0.2) is 33.0 Å². The summed E-state index contributed by atoms with van der Waals surface area (Å²) in [7, 11) is 3.16. The standard InChI is InChI=1S/C21H20O6/c1-24-18-9-3-16(4-10-18)7-13-20(22)26-15-27-21(23)14-8-17-5-11-19(25-2)12-6-17/h3-14H,15H2,1-2H3. The highest BCUT2D eigenvalue weighted by Crippen LogP contribution is 2.13. The Balaban J connectivity index is 1.72. The van der Waals surface area contributed by atoms with Crippen LogP contribution in [0.1, 0.15) is 11.1 Å². The number of hydrogen-bond acceptors (Lipinski definition) is 6. The average molecular weight is 368 g/mol. The third-order valence-corrected chi connectivity index (χ3v) is 3.46. The number of ether oxygens (including phenoxy) is 4. The predicted octanol–water partition coefficient (Wildman–Crippen LogP) is 3.47. The van der Waals surface area contributed by atoms with Crippen LogP contribution in [0.4, 0.5) is 0 Å². The first-order valence-electron chi connectivity index (χ1n) is 8.08. The fraction of sp³-hybridized carbons (Fsp3) is 0.143. The van der Waals surface area contributed by atoms with E-state index in [1.54, 1.807) is 74.9 Å². The maximum absolute atomic E-state index is 11.6. The van der Waals surface area contributed by atoms with Gasteiger partial charge < -0.3 is 18.9 Å². The normalized spacial score (nSPS) is 10.7. The Labute approximate surface area is 157 Å². The van der Waals surface area contributed by atoms with Crippen LogP contribution in [0, 0.1) is 0 Å². The molecule has 0 bridgehead atoms. The number of rotatable bonds is 8. The van der Waals surface area contributed by atoms with Gasteiger partial charge in [0, 0.05) is 12.2 Å². The van der Waals surface area contributed by atoms with Crippen LogP contribution in [0.25, 0.3) is 12.2 Å². The molecule has 0 atom stereocenters. The van der Waals surface area contributed by atoms with Crippen LogP contribution in [0.15, 0.2) is 60.7 Å². The van der Waals surface area contributed by atoms with E-state index in [-0.39, 0.29) is 0 Å². The van der Waals surface area contributed by atoms with Crippen molar-refractivity contribution in [2.75, 3.05) is 21.0 Å². The molecule has 0 aliphatic rings. The topological polar surface area (TPSA) is 71.1 Å². The molecule has 2 aromatic carbocycles. The van der Waals surface area contributed by atoms with E-state index in [1.165, 1.54) is 12.2 Å². The average Bonchev–Trinajstić information content (AvgIpc) is 2.71. The molecule has 6 nitrogen and oxygen atoms in total. The summed E-state index contributed by atoms with van der Waals surface area (Å²) in [6.07, 6.45) is 5.69. The highest BCUT2D eigenvalue weighted by molar-refractivity contribution is 5.88. The number of hydrogen-bond donors (Lipinski definition) is 0. The lowest BCUT2D eigenvalue weighted by atomic mass is 10.2. The number of carbonyl (C=O) groups excluding carboxylic acids is 2. The minimum atomic E-state index is -0.613. The summed E-state index contributed by atoms with van der Waals surface area (Å²) in [6, 6.07) is 14.3. The first-order valence-corrected chi connectivity index (χ1v) is 8.08. The molecule has 0 aliphatic heterocycles. The van der Waals surface area contributed by atoms with Crippen molar-refractivity contribution in [3.05, 3.63) is 71.8 Å². The molecule has 0 saturated heterocycles. The van der Waals surface area contributed by atoms with E-state index in [2.05, 4.69) is 0 Å². The van der Waals surface area contributed by atoms with Crippen LogP contribution in [0.2, 0.25) is 0 Å². The first-order chi connectivity index (χ1) is 13.1. The van der Waals surface area contributed by atoms with Gasteiger partial charge in [0.1, 0.15) is 11.5 Å². The second-order valence-corrected chi connectivity index (χ2v) is 5.26. The Bertz CT molecular complexity index is 734. The fourth-order valence-electron chi connectivity index (χ4n) is 2.00. The molecule has 2 rings (SSSR count). The van der Waals surface area contributed by atoms with Crippen molar-refractivity contribution in [3.63, 3.8) is 0 Å². The van der Waals surface area contributed by atoms with Gasteiger partial charge in [0.25, 0.3) is 0 Å². The minimum Gasteiger partial charge on any atom is -0.497 e. The molecular weight excluding hydrogens is 348 g/mol. The predicted molar refractivity (Wildman–Crippen MR) is 101 cm³/mol. The highest BCUT2D eigenvalue weighted by Gasteiger charge is 2.01. The molecule has 0 saturated carbocycles. The summed E-state index contributed by atoms with van der Waals surface area (Å²) in [5.74, 6) is 0.226. The van der Waals surface area contributed by atoms with Gasteiger partial charge in [0.15, 0.2) is 0 Å². The highest BCUT2D eigenvalue weighted by atomic mass is 16.7. The summed E-state index contributed by atoms with van der Waals surface area (Å²) >= 11 is 0. The van der Waals surface area contributed by atoms with E-state index in [0.717, 1.165) is 22.6 Å². The smallest absolute Gasteiger partial charge is 0.333 e. The lowest BCUT2D eigenvalue weighted by Gasteiger charge is -2.02. The molecule has 0 spiro atoms. The van der Waals surface area contributed by atoms with E-state index in [4.69, 9.17) is 18.9 Å². The first kappa shape index (κ1) is 19.8. The summed E-state index contributed by atoms with van der Waals surface area (Å²) < 4.78 is 19.7. The van der Waals surface area contributed by atoms with Gasteiger partial charge in [-0.1, -0.05) is 24.3 Å². The zero-order chi connectivity index (χ0) is 19.5. The van der Waals surface area contributed by atoms with Gasteiger partial charge in [-0.15, -0.1) is 0 Å². The lowest BCUT2D eigenvalue weighted by Crippen LogP contribution is -2.09. The number of esters is 2. The van der Waals surface area contributed by atoms with Gasteiger partial charge in [-0.3, -0.25) is 0 Å². The second kappa shape index (κ2) is 10.5. The third kappa shape index (κ3) is 7.07. The lowest BCUT2D eigenvalue weighted by molar-refractivity contribution is -0.160. The van der Waals surface area contributed by atoms with Crippen molar-refractivity contribution in [1.82, 2.24) is 0 Å². The molecule has 6 heteroatoms. The molecule has 0 heterocycles. The maximum Gasteiger partial charge on any atom is 0.333 e. The van der Waals surface area contributed by atoms with Gasteiger partial charge >= 0.3 is 11.9 Å². The van der Waals surface area contributed by atoms with Crippen LogP contribution in [0.5, 0.6) is 11.5 Å². The van der Waals surface area contributed by atoms with Crippen molar-refractivity contribution < 1.29 is 28.5 Å². The number of methoxy groups -OCH3 is 2. The fourth-order valence-corrected chi connectivity index (χ4v) is 2.00. The molecular formula is C21H20O6. The largest absolute Gasteiger partial charge is 0.497 e. The molecule has 0 aliphatic carbocycles.